The lowest BCUT2D eigenvalue weighted by molar-refractivity contribution is -0.0901. The van der Waals surface area contributed by atoms with Gasteiger partial charge in [-0.25, -0.2) is 0 Å². The van der Waals surface area contributed by atoms with Gasteiger partial charge >= 0.3 is 0 Å². The van der Waals surface area contributed by atoms with E-state index in [1.165, 1.54) is 0 Å². The number of para-hydroxylation sites is 1. The van der Waals surface area contributed by atoms with E-state index in [-0.39, 0.29) is 5.92 Å². The Bertz CT molecular complexity index is 563. The zero-order valence-corrected chi connectivity index (χ0v) is 11.9. The summed E-state index contributed by atoms with van der Waals surface area (Å²) >= 11 is 0. The molecular formula is C17H22O2. The minimum Gasteiger partial charge on any atom is -0.458 e. The predicted molar refractivity (Wildman–Crippen MR) is 76.9 cm³/mol. The summed E-state index contributed by atoms with van der Waals surface area (Å²) in [5.74, 6) is 0.952. The Balaban J connectivity index is 2.00. The van der Waals surface area contributed by atoms with Crippen LogP contribution < -0.4 is 0 Å². The number of aliphatic hydroxyl groups is 1. The van der Waals surface area contributed by atoms with Gasteiger partial charge in [-0.1, -0.05) is 39.0 Å². The van der Waals surface area contributed by atoms with Gasteiger partial charge in [0.15, 0.2) is 0 Å². The summed E-state index contributed by atoms with van der Waals surface area (Å²) in [5.41, 5.74) is 0.370. The van der Waals surface area contributed by atoms with Gasteiger partial charge in [0.2, 0.25) is 0 Å². The number of fused-ring (bicyclic) bond motifs is 1. The van der Waals surface area contributed by atoms with Gasteiger partial charge < -0.3 is 9.52 Å². The van der Waals surface area contributed by atoms with Crippen molar-refractivity contribution in [3.63, 3.8) is 0 Å². The van der Waals surface area contributed by atoms with Crippen molar-refractivity contribution in [1.82, 2.24) is 0 Å². The molecule has 0 amide bonds. The quantitative estimate of drug-likeness (QED) is 0.819. The van der Waals surface area contributed by atoms with Gasteiger partial charge in [-0.3, -0.25) is 0 Å². The van der Waals surface area contributed by atoms with Crippen LogP contribution >= 0.6 is 0 Å². The monoisotopic (exact) mass is 258 g/mol. The Morgan fingerprint density at radius 1 is 1.21 bits per heavy atom. The third-order valence-corrected chi connectivity index (χ3v) is 4.71. The highest BCUT2D eigenvalue weighted by molar-refractivity contribution is 5.77. The third kappa shape index (κ3) is 2.08. The molecule has 1 aliphatic carbocycles. The summed E-state index contributed by atoms with van der Waals surface area (Å²) in [6.45, 7) is 6.69. The molecule has 2 nitrogen and oxygen atoms in total. The van der Waals surface area contributed by atoms with Crippen molar-refractivity contribution in [3.8, 4) is 0 Å². The van der Waals surface area contributed by atoms with Crippen LogP contribution in [0.3, 0.4) is 0 Å². The maximum Gasteiger partial charge on any atom is 0.137 e. The molecule has 1 aromatic carbocycles. The van der Waals surface area contributed by atoms with Crippen LogP contribution in [0.2, 0.25) is 0 Å². The van der Waals surface area contributed by atoms with Gasteiger partial charge in [0.1, 0.15) is 16.9 Å². The van der Waals surface area contributed by atoms with Crippen LogP contribution in [-0.2, 0) is 5.60 Å². The van der Waals surface area contributed by atoms with Crippen molar-refractivity contribution in [2.24, 2.45) is 11.3 Å². The Hall–Kier alpha value is -1.28. The third-order valence-electron chi connectivity index (χ3n) is 4.71. The van der Waals surface area contributed by atoms with Crippen molar-refractivity contribution >= 4 is 11.0 Å². The molecule has 1 saturated carbocycles. The summed E-state index contributed by atoms with van der Waals surface area (Å²) in [4.78, 5) is 0. The first-order chi connectivity index (χ1) is 8.91. The summed E-state index contributed by atoms with van der Waals surface area (Å²) < 4.78 is 5.90. The van der Waals surface area contributed by atoms with E-state index < -0.39 is 5.60 Å². The van der Waals surface area contributed by atoms with Crippen LogP contribution in [0, 0.1) is 11.3 Å². The van der Waals surface area contributed by atoms with Crippen LogP contribution in [0.25, 0.3) is 11.0 Å². The minimum absolute atomic E-state index is 0.219. The fraction of sp³-hybridized carbons (Fsp3) is 0.529. The number of hydrogen-bond donors (Lipinski definition) is 1. The van der Waals surface area contributed by atoms with Crippen LogP contribution in [-0.4, -0.2) is 5.11 Å². The molecule has 1 aliphatic rings. The highest BCUT2D eigenvalue weighted by atomic mass is 16.4. The number of furan rings is 1. The van der Waals surface area contributed by atoms with Gasteiger partial charge in [-0.15, -0.1) is 0 Å². The van der Waals surface area contributed by atoms with E-state index in [0.29, 0.717) is 5.41 Å². The van der Waals surface area contributed by atoms with Crippen LogP contribution in [0.1, 0.15) is 45.8 Å². The second-order valence-electron chi connectivity index (χ2n) is 6.84. The molecule has 0 bridgehead atoms. The van der Waals surface area contributed by atoms with Gasteiger partial charge in [0, 0.05) is 5.39 Å². The molecule has 0 saturated heterocycles. The van der Waals surface area contributed by atoms with Crippen molar-refractivity contribution < 1.29 is 9.52 Å². The topological polar surface area (TPSA) is 33.4 Å². The first kappa shape index (κ1) is 12.7. The average Bonchev–Trinajstić information content (AvgIpc) is 2.78. The molecule has 3 rings (SSSR count). The Labute approximate surface area is 114 Å². The Morgan fingerprint density at radius 3 is 2.63 bits per heavy atom. The van der Waals surface area contributed by atoms with E-state index in [9.17, 15) is 5.11 Å². The van der Waals surface area contributed by atoms with Crippen molar-refractivity contribution in [3.05, 3.63) is 36.1 Å². The number of benzene rings is 1. The number of rotatable bonds is 1. The van der Waals surface area contributed by atoms with Crippen molar-refractivity contribution in [2.75, 3.05) is 0 Å². The molecule has 2 heteroatoms. The second kappa shape index (κ2) is 4.11. The lowest BCUT2D eigenvalue weighted by Crippen LogP contribution is -2.41. The minimum atomic E-state index is -0.811. The zero-order valence-electron chi connectivity index (χ0n) is 11.9. The normalized spacial score (nSPS) is 30.6. The van der Waals surface area contributed by atoms with E-state index in [0.717, 1.165) is 36.0 Å². The molecule has 1 heterocycles. The molecule has 0 radical (unpaired) electrons. The molecule has 2 unspecified atom stereocenters. The first-order valence-electron chi connectivity index (χ1n) is 7.12. The second-order valence-corrected chi connectivity index (χ2v) is 6.84. The van der Waals surface area contributed by atoms with Gasteiger partial charge in [0.25, 0.3) is 0 Å². The Morgan fingerprint density at radius 2 is 1.95 bits per heavy atom. The lowest BCUT2D eigenvalue weighted by Gasteiger charge is -2.44. The van der Waals surface area contributed by atoms with Crippen molar-refractivity contribution in [1.29, 1.82) is 0 Å². The fourth-order valence-corrected chi connectivity index (χ4v) is 3.44. The molecule has 0 aliphatic heterocycles. The van der Waals surface area contributed by atoms with E-state index in [2.05, 4.69) is 20.8 Å². The van der Waals surface area contributed by atoms with Gasteiger partial charge in [-0.05, 0) is 42.7 Å². The van der Waals surface area contributed by atoms with E-state index in [4.69, 9.17) is 4.42 Å². The van der Waals surface area contributed by atoms with Crippen LogP contribution in [0.5, 0.6) is 0 Å². The molecule has 19 heavy (non-hydrogen) atoms. The smallest absolute Gasteiger partial charge is 0.137 e. The maximum absolute atomic E-state index is 11.1. The molecular weight excluding hydrogens is 236 g/mol. The molecule has 1 aromatic heterocycles. The van der Waals surface area contributed by atoms with E-state index in [1.807, 2.05) is 30.3 Å². The molecule has 1 fully saturated rings. The average molecular weight is 258 g/mol. The lowest BCUT2D eigenvalue weighted by atomic mass is 9.65. The zero-order chi connectivity index (χ0) is 13.7. The van der Waals surface area contributed by atoms with E-state index >= 15 is 0 Å². The fourth-order valence-electron chi connectivity index (χ4n) is 3.44. The summed E-state index contributed by atoms with van der Waals surface area (Å²) in [6, 6.07) is 9.96. The summed E-state index contributed by atoms with van der Waals surface area (Å²) in [5, 5.41) is 12.1. The van der Waals surface area contributed by atoms with Gasteiger partial charge in [-0.2, -0.15) is 0 Å². The van der Waals surface area contributed by atoms with Crippen LogP contribution in [0.15, 0.2) is 34.7 Å². The summed E-state index contributed by atoms with van der Waals surface area (Å²) in [6.07, 6.45) is 2.84. The van der Waals surface area contributed by atoms with E-state index in [1.54, 1.807) is 0 Å². The molecule has 1 N–H and O–H groups in total. The first-order valence-corrected chi connectivity index (χ1v) is 7.12. The highest BCUT2D eigenvalue weighted by Gasteiger charge is 2.45. The Kier molecular flexibility index (Phi) is 2.75. The molecule has 0 spiro atoms. The molecule has 102 valence electrons. The summed E-state index contributed by atoms with van der Waals surface area (Å²) in [7, 11) is 0. The van der Waals surface area contributed by atoms with Gasteiger partial charge in [0.05, 0.1) is 0 Å². The van der Waals surface area contributed by atoms with Crippen molar-refractivity contribution in [2.45, 2.75) is 45.6 Å². The standard InChI is InChI=1S/C17H22O2/c1-12-11-16(2,3)8-9-17(12,18)15-10-13-6-4-5-7-14(13)19-15/h4-7,10,12,18H,8-9,11H2,1-3H3. The molecule has 2 atom stereocenters. The maximum atomic E-state index is 11.1. The largest absolute Gasteiger partial charge is 0.458 e. The van der Waals surface area contributed by atoms with Crippen LogP contribution in [0.4, 0.5) is 0 Å². The molecule has 2 aromatic rings. The predicted octanol–water partition coefficient (Wildman–Crippen LogP) is 4.47. The number of hydrogen-bond acceptors (Lipinski definition) is 2. The SMILES string of the molecule is CC1CC(C)(C)CCC1(O)c1cc2ccccc2o1. The highest BCUT2D eigenvalue weighted by Crippen LogP contribution is 2.49.